The molecule has 100 valence electrons. The van der Waals surface area contributed by atoms with Crippen molar-refractivity contribution >= 4 is 35.2 Å². The van der Waals surface area contributed by atoms with Crippen LogP contribution in [-0.2, 0) is 16.0 Å². The topological polar surface area (TPSA) is 46.2 Å². The van der Waals surface area contributed by atoms with E-state index in [4.69, 9.17) is 0 Å². The van der Waals surface area contributed by atoms with Gasteiger partial charge in [-0.2, -0.15) is 0 Å². The van der Waals surface area contributed by atoms with Gasteiger partial charge in [-0.05, 0) is 18.1 Å². The molecule has 0 unspecified atom stereocenters. The highest BCUT2D eigenvalue weighted by Crippen LogP contribution is 2.31. The first-order valence-electron chi connectivity index (χ1n) is 5.88. The van der Waals surface area contributed by atoms with Gasteiger partial charge in [0, 0.05) is 6.42 Å². The van der Waals surface area contributed by atoms with Crippen molar-refractivity contribution in [1.29, 1.82) is 0 Å². The number of amides is 1. The molecule has 5 heteroatoms. The fraction of sp³-hybridized carbons (Fsp3) is 0.286. The zero-order valence-electron chi connectivity index (χ0n) is 10.8. The first kappa shape index (κ1) is 14.2. The highest BCUT2D eigenvalue weighted by atomic mass is 32.2. The van der Waals surface area contributed by atoms with Gasteiger partial charge in [-0.15, -0.1) is 23.5 Å². The molecule has 0 aromatic heterocycles. The predicted octanol–water partition coefficient (Wildman–Crippen LogP) is 2.23. The van der Waals surface area contributed by atoms with Gasteiger partial charge in [0.05, 0.1) is 10.3 Å². The lowest BCUT2D eigenvalue weighted by atomic mass is 10.0. The van der Waals surface area contributed by atoms with Crippen LogP contribution in [-0.4, -0.2) is 30.2 Å². The fourth-order valence-electron chi connectivity index (χ4n) is 2.06. The molecule has 1 N–H and O–H groups in total. The zero-order valence-corrected chi connectivity index (χ0v) is 12.4. The summed E-state index contributed by atoms with van der Waals surface area (Å²) in [6.07, 6.45) is 4.30. The maximum atomic E-state index is 12.3. The number of carbonyl (C=O) groups is 2. The number of hydrogen-bond donors (Lipinski definition) is 1. The van der Waals surface area contributed by atoms with E-state index in [-0.39, 0.29) is 11.7 Å². The molecule has 0 radical (unpaired) electrons. The Kier molecular flexibility index (Phi) is 4.71. The van der Waals surface area contributed by atoms with Crippen LogP contribution in [0.5, 0.6) is 0 Å². The van der Waals surface area contributed by atoms with Crippen LogP contribution >= 0.6 is 23.5 Å². The van der Waals surface area contributed by atoms with Crippen LogP contribution in [0.15, 0.2) is 40.1 Å². The lowest BCUT2D eigenvalue weighted by molar-refractivity contribution is -0.117. The van der Waals surface area contributed by atoms with Gasteiger partial charge in [-0.1, -0.05) is 30.3 Å². The van der Waals surface area contributed by atoms with Gasteiger partial charge in [-0.3, -0.25) is 9.59 Å². The number of hydrogen-bond acceptors (Lipinski definition) is 4. The molecular weight excluding hydrogens is 278 g/mol. The van der Waals surface area contributed by atoms with Crippen molar-refractivity contribution in [2.45, 2.75) is 12.5 Å². The molecule has 2 rings (SSSR count). The summed E-state index contributed by atoms with van der Waals surface area (Å²) in [6, 6.07) is 9.30. The normalized spacial score (nSPS) is 18.6. The Bertz CT molecular complexity index is 520. The SMILES string of the molecule is CSC(SC)=C1C(=O)N[C@H](Cc2ccccc2)C1=O. The van der Waals surface area contributed by atoms with Crippen molar-refractivity contribution in [3.05, 3.63) is 45.7 Å². The van der Waals surface area contributed by atoms with Crippen LogP contribution in [0.4, 0.5) is 0 Å². The smallest absolute Gasteiger partial charge is 0.257 e. The molecule has 1 saturated heterocycles. The number of nitrogens with one attached hydrogen (secondary N) is 1. The third kappa shape index (κ3) is 3.04. The minimum absolute atomic E-state index is 0.0902. The van der Waals surface area contributed by atoms with Crippen LogP contribution in [0.1, 0.15) is 5.56 Å². The Hall–Kier alpha value is -1.20. The lowest BCUT2D eigenvalue weighted by Crippen LogP contribution is -2.31. The third-order valence-corrected chi connectivity index (χ3v) is 5.10. The standard InChI is InChI=1S/C14H15NO2S2/c1-18-14(19-2)11-12(16)10(15-13(11)17)8-9-6-4-3-5-7-9/h3-7,10H,8H2,1-2H3,(H,15,17)/t10-/m1/s1. The maximum absolute atomic E-state index is 12.3. The van der Waals surface area contributed by atoms with E-state index < -0.39 is 6.04 Å². The summed E-state index contributed by atoms with van der Waals surface area (Å²) in [6.45, 7) is 0. The van der Waals surface area contributed by atoms with E-state index in [1.807, 2.05) is 42.8 Å². The second-order valence-electron chi connectivity index (χ2n) is 4.15. The van der Waals surface area contributed by atoms with Crippen molar-refractivity contribution in [3.8, 4) is 0 Å². The summed E-state index contributed by atoms with van der Waals surface area (Å²) in [7, 11) is 0. The number of ketones is 1. The Balaban J connectivity index is 2.21. The molecule has 1 aliphatic rings. The van der Waals surface area contributed by atoms with E-state index >= 15 is 0 Å². The van der Waals surface area contributed by atoms with Gasteiger partial charge in [0.25, 0.3) is 5.91 Å². The number of Topliss-reactive ketones (excluding diaryl/α,β-unsaturated/α-hetero) is 1. The van der Waals surface area contributed by atoms with E-state index in [0.717, 1.165) is 9.80 Å². The van der Waals surface area contributed by atoms with E-state index in [9.17, 15) is 9.59 Å². The molecular formula is C14H15NO2S2. The summed E-state index contributed by atoms with van der Waals surface area (Å²) in [5, 5.41) is 2.78. The molecule has 1 amide bonds. The lowest BCUT2D eigenvalue weighted by Gasteiger charge is -2.07. The number of rotatable bonds is 4. The minimum Gasteiger partial charge on any atom is -0.341 e. The van der Waals surface area contributed by atoms with Gasteiger partial charge < -0.3 is 5.32 Å². The van der Waals surface area contributed by atoms with Crippen LogP contribution in [0.3, 0.4) is 0 Å². The zero-order chi connectivity index (χ0) is 13.8. The Morgan fingerprint density at radius 2 is 1.79 bits per heavy atom. The van der Waals surface area contributed by atoms with Crippen LogP contribution in [0, 0.1) is 0 Å². The second kappa shape index (κ2) is 6.30. The van der Waals surface area contributed by atoms with Crippen molar-refractivity contribution < 1.29 is 9.59 Å². The Morgan fingerprint density at radius 3 is 2.37 bits per heavy atom. The quantitative estimate of drug-likeness (QED) is 0.683. The minimum atomic E-state index is -0.431. The van der Waals surface area contributed by atoms with Crippen LogP contribution in [0.2, 0.25) is 0 Å². The van der Waals surface area contributed by atoms with Crippen molar-refractivity contribution in [3.63, 3.8) is 0 Å². The molecule has 1 aliphatic heterocycles. The summed E-state index contributed by atoms with van der Waals surface area (Å²) < 4.78 is 0.790. The first-order valence-corrected chi connectivity index (χ1v) is 8.33. The highest BCUT2D eigenvalue weighted by molar-refractivity contribution is 8.21. The molecule has 3 nitrogen and oxygen atoms in total. The first-order chi connectivity index (χ1) is 9.17. The number of thioether (sulfide) groups is 2. The van der Waals surface area contributed by atoms with Crippen LogP contribution < -0.4 is 5.32 Å². The Labute approximate surface area is 121 Å². The summed E-state index contributed by atoms with van der Waals surface area (Å²) in [5.74, 6) is -0.336. The highest BCUT2D eigenvalue weighted by Gasteiger charge is 2.37. The molecule has 1 heterocycles. The second-order valence-corrected chi connectivity index (χ2v) is 6.04. The molecule has 0 spiro atoms. The van der Waals surface area contributed by atoms with Gasteiger partial charge in [0.1, 0.15) is 5.57 Å². The van der Waals surface area contributed by atoms with E-state index in [2.05, 4.69) is 5.32 Å². The molecule has 0 aliphatic carbocycles. The van der Waals surface area contributed by atoms with Gasteiger partial charge in [-0.25, -0.2) is 0 Å². The summed E-state index contributed by atoms with van der Waals surface area (Å²) in [4.78, 5) is 24.2. The Morgan fingerprint density at radius 1 is 1.16 bits per heavy atom. The van der Waals surface area contributed by atoms with Crippen LogP contribution in [0.25, 0.3) is 0 Å². The average Bonchev–Trinajstić information content (AvgIpc) is 2.69. The molecule has 1 aromatic carbocycles. The van der Waals surface area contributed by atoms with Crippen molar-refractivity contribution in [1.82, 2.24) is 5.32 Å². The molecule has 1 fully saturated rings. The monoisotopic (exact) mass is 293 g/mol. The molecule has 19 heavy (non-hydrogen) atoms. The molecule has 1 atom stereocenters. The van der Waals surface area contributed by atoms with E-state index in [0.29, 0.717) is 12.0 Å². The van der Waals surface area contributed by atoms with Crippen molar-refractivity contribution in [2.75, 3.05) is 12.5 Å². The van der Waals surface area contributed by atoms with Gasteiger partial charge >= 0.3 is 0 Å². The van der Waals surface area contributed by atoms with E-state index in [1.165, 1.54) is 23.5 Å². The summed E-state index contributed by atoms with van der Waals surface area (Å²) >= 11 is 2.89. The third-order valence-electron chi connectivity index (χ3n) is 2.95. The molecule has 1 aromatic rings. The van der Waals surface area contributed by atoms with Gasteiger partial charge in [0.15, 0.2) is 5.78 Å². The molecule has 0 saturated carbocycles. The molecule has 0 bridgehead atoms. The number of benzene rings is 1. The number of carbonyl (C=O) groups excluding carboxylic acids is 2. The maximum Gasteiger partial charge on any atom is 0.257 e. The van der Waals surface area contributed by atoms with E-state index in [1.54, 1.807) is 0 Å². The fourth-order valence-corrected chi connectivity index (χ4v) is 3.52. The largest absolute Gasteiger partial charge is 0.341 e. The van der Waals surface area contributed by atoms with Gasteiger partial charge in [0.2, 0.25) is 0 Å². The predicted molar refractivity (Wildman–Crippen MR) is 81.1 cm³/mol. The van der Waals surface area contributed by atoms with Crippen molar-refractivity contribution in [2.24, 2.45) is 0 Å². The summed E-state index contributed by atoms with van der Waals surface area (Å²) in [5.41, 5.74) is 1.37. The average molecular weight is 293 g/mol.